The van der Waals surface area contributed by atoms with E-state index in [1.807, 2.05) is 7.05 Å². The molecule has 1 fully saturated rings. The summed E-state index contributed by atoms with van der Waals surface area (Å²) in [5.74, 6) is 0.886. The predicted octanol–water partition coefficient (Wildman–Crippen LogP) is 1.51. The highest BCUT2D eigenvalue weighted by Crippen LogP contribution is 2.17. The van der Waals surface area contributed by atoms with Crippen molar-refractivity contribution < 1.29 is 0 Å². The fourth-order valence-electron chi connectivity index (χ4n) is 3.53. The molecule has 0 radical (unpaired) electrons. The number of nitrogens with zero attached hydrogens (tertiary/aromatic N) is 3. The summed E-state index contributed by atoms with van der Waals surface area (Å²) < 4.78 is 0. The van der Waals surface area contributed by atoms with E-state index in [4.69, 9.17) is 0 Å². The van der Waals surface area contributed by atoms with Crippen LogP contribution in [0.1, 0.15) is 12.0 Å². The van der Waals surface area contributed by atoms with Crippen LogP contribution in [-0.4, -0.2) is 80.7 Å². The van der Waals surface area contributed by atoms with Gasteiger partial charge in [0, 0.05) is 56.9 Å². The smallest absolute Gasteiger partial charge is 0.191 e. The van der Waals surface area contributed by atoms with E-state index in [0.717, 1.165) is 45.1 Å². The predicted molar refractivity (Wildman–Crippen MR) is 110 cm³/mol. The Kier molecular flexibility index (Phi) is 6.91. The summed E-state index contributed by atoms with van der Waals surface area (Å²) in [7, 11) is 4.04. The van der Waals surface area contributed by atoms with Crippen LogP contribution in [0.15, 0.2) is 35.5 Å². The van der Waals surface area contributed by atoms with Crippen LogP contribution >= 0.6 is 0 Å². The number of benzene rings is 1. The van der Waals surface area contributed by atoms with Crippen molar-refractivity contribution in [3.8, 4) is 0 Å². The summed E-state index contributed by atoms with van der Waals surface area (Å²) >= 11 is 0. The quantitative estimate of drug-likeness (QED) is 0.542. The molecule has 0 bridgehead atoms. The molecular formula is C20H32N6. The summed E-state index contributed by atoms with van der Waals surface area (Å²) in [4.78, 5) is 12.6. The van der Waals surface area contributed by atoms with Crippen LogP contribution in [-0.2, 0) is 6.42 Å². The summed E-state index contributed by atoms with van der Waals surface area (Å²) in [6.45, 7) is 7.59. The number of para-hydroxylation sites is 1. The fraction of sp³-hybridized carbons (Fsp3) is 0.550. The Bertz CT molecular complexity index is 707. The molecule has 1 saturated heterocycles. The highest BCUT2D eigenvalue weighted by atomic mass is 15.2. The standard InChI is InChI=1S/C20H32N6/c1-21-20(23-10-13-26-12-5-11-25(2)14-15-26)22-9-8-17-16-24-19-7-4-3-6-18(17)19/h3-4,6-7,16,24H,5,8-15H2,1-2H3,(H2,21,22,23). The minimum atomic E-state index is 0.871. The molecule has 1 aliphatic heterocycles. The monoisotopic (exact) mass is 356 g/mol. The first-order valence-corrected chi connectivity index (χ1v) is 9.66. The van der Waals surface area contributed by atoms with E-state index in [2.05, 4.69) is 67.9 Å². The van der Waals surface area contributed by atoms with Gasteiger partial charge in [-0.1, -0.05) is 18.2 Å². The minimum Gasteiger partial charge on any atom is -0.361 e. The maximum atomic E-state index is 4.34. The largest absolute Gasteiger partial charge is 0.361 e. The molecule has 1 aliphatic rings. The molecule has 0 aliphatic carbocycles. The molecule has 0 atom stereocenters. The number of aromatic amines is 1. The van der Waals surface area contributed by atoms with Gasteiger partial charge in [-0.25, -0.2) is 0 Å². The molecule has 1 aromatic carbocycles. The van der Waals surface area contributed by atoms with Gasteiger partial charge in [0.2, 0.25) is 0 Å². The Hall–Kier alpha value is -2.05. The van der Waals surface area contributed by atoms with Gasteiger partial charge in [-0.2, -0.15) is 0 Å². The van der Waals surface area contributed by atoms with E-state index in [1.54, 1.807) is 0 Å². The number of H-pyrrole nitrogens is 1. The van der Waals surface area contributed by atoms with Gasteiger partial charge in [-0.15, -0.1) is 0 Å². The van der Waals surface area contributed by atoms with Crippen LogP contribution < -0.4 is 10.6 Å². The van der Waals surface area contributed by atoms with Gasteiger partial charge in [0.1, 0.15) is 0 Å². The first kappa shape index (κ1) is 18.7. The fourth-order valence-corrected chi connectivity index (χ4v) is 3.53. The zero-order valence-corrected chi connectivity index (χ0v) is 16.1. The van der Waals surface area contributed by atoms with Crippen LogP contribution in [0, 0.1) is 0 Å². The van der Waals surface area contributed by atoms with Gasteiger partial charge in [-0.3, -0.25) is 4.99 Å². The first-order chi connectivity index (χ1) is 12.8. The molecule has 0 amide bonds. The molecule has 1 aromatic heterocycles. The number of likely N-dealkylation sites (N-methyl/N-ethyl adjacent to an activating group) is 1. The second-order valence-electron chi connectivity index (χ2n) is 7.03. The summed E-state index contributed by atoms with van der Waals surface area (Å²) in [6, 6.07) is 8.45. The van der Waals surface area contributed by atoms with Crippen molar-refractivity contribution in [2.75, 3.05) is 59.9 Å². The third-order valence-corrected chi connectivity index (χ3v) is 5.12. The maximum Gasteiger partial charge on any atom is 0.191 e. The Morgan fingerprint density at radius 3 is 2.85 bits per heavy atom. The van der Waals surface area contributed by atoms with Crippen molar-refractivity contribution in [2.24, 2.45) is 4.99 Å². The van der Waals surface area contributed by atoms with Crippen molar-refractivity contribution in [2.45, 2.75) is 12.8 Å². The Labute approximate surface area is 156 Å². The number of guanidine groups is 1. The molecule has 3 N–H and O–H groups in total. The molecule has 6 nitrogen and oxygen atoms in total. The third kappa shape index (κ3) is 5.22. The third-order valence-electron chi connectivity index (χ3n) is 5.12. The number of hydrogen-bond acceptors (Lipinski definition) is 3. The Balaban J connectivity index is 1.38. The Morgan fingerprint density at radius 2 is 1.96 bits per heavy atom. The van der Waals surface area contributed by atoms with Crippen LogP contribution in [0.3, 0.4) is 0 Å². The van der Waals surface area contributed by atoms with Crippen LogP contribution in [0.5, 0.6) is 0 Å². The van der Waals surface area contributed by atoms with Gasteiger partial charge in [0.15, 0.2) is 5.96 Å². The van der Waals surface area contributed by atoms with E-state index in [1.165, 1.54) is 36.0 Å². The van der Waals surface area contributed by atoms with Crippen LogP contribution in [0.25, 0.3) is 10.9 Å². The van der Waals surface area contributed by atoms with Crippen molar-refractivity contribution in [3.63, 3.8) is 0 Å². The molecule has 0 unspecified atom stereocenters. The average Bonchev–Trinajstić information content (AvgIpc) is 2.95. The van der Waals surface area contributed by atoms with Crippen molar-refractivity contribution >= 4 is 16.9 Å². The minimum absolute atomic E-state index is 0.871. The second kappa shape index (κ2) is 9.59. The maximum absolute atomic E-state index is 4.34. The van der Waals surface area contributed by atoms with Gasteiger partial charge in [0.05, 0.1) is 0 Å². The Morgan fingerprint density at radius 1 is 1.12 bits per heavy atom. The zero-order chi connectivity index (χ0) is 18.2. The highest BCUT2D eigenvalue weighted by molar-refractivity contribution is 5.83. The number of aromatic nitrogens is 1. The van der Waals surface area contributed by atoms with Crippen LogP contribution in [0.4, 0.5) is 0 Å². The first-order valence-electron chi connectivity index (χ1n) is 9.66. The van der Waals surface area contributed by atoms with Gasteiger partial charge >= 0.3 is 0 Å². The molecular weight excluding hydrogens is 324 g/mol. The SMILES string of the molecule is CN=C(NCCc1c[nH]c2ccccc12)NCCN1CCCN(C)CC1. The topological polar surface area (TPSA) is 58.7 Å². The van der Waals surface area contributed by atoms with Gasteiger partial charge in [-0.05, 0) is 44.6 Å². The van der Waals surface area contributed by atoms with Crippen LogP contribution in [0.2, 0.25) is 0 Å². The molecule has 2 aromatic rings. The van der Waals surface area contributed by atoms with E-state index in [0.29, 0.717) is 0 Å². The summed E-state index contributed by atoms with van der Waals surface area (Å²) in [6.07, 6.45) is 4.34. The molecule has 0 saturated carbocycles. The van der Waals surface area contributed by atoms with E-state index >= 15 is 0 Å². The lowest BCUT2D eigenvalue weighted by Gasteiger charge is -2.21. The highest BCUT2D eigenvalue weighted by Gasteiger charge is 2.11. The van der Waals surface area contributed by atoms with E-state index in [-0.39, 0.29) is 0 Å². The molecule has 26 heavy (non-hydrogen) atoms. The molecule has 6 heteroatoms. The molecule has 0 spiro atoms. The van der Waals surface area contributed by atoms with E-state index < -0.39 is 0 Å². The summed E-state index contributed by atoms with van der Waals surface area (Å²) in [5, 5.41) is 8.18. The normalized spacial score (nSPS) is 17.4. The number of nitrogens with one attached hydrogen (secondary N) is 3. The average molecular weight is 357 g/mol. The molecule has 3 rings (SSSR count). The number of hydrogen-bond donors (Lipinski definition) is 3. The number of fused-ring (bicyclic) bond motifs is 1. The summed E-state index contributed by atoms with van der Waals surface area (Å²) in [5.41, 5.74) is 2.55. The lowest BCUT2D eigenvalue weighted by atomic mass is 10.1. The second-order valence-corrected chi connectivity index (χ2v) is 7.03. The number of aliphatic imine (C=N–C) groups is 1. The zero-order valence-electron chi connectivity index (χ0n) is 16.1. The molecule has 2 heterocycles. The van der Waals surface area contributed by atoms with Crippen molar-refractivity contribution in [1.82, 2.24) is 25.4 Å². The number of rotatable bonds is 6. The van der Waals surface area contributed by atoms with E-state index in [9.17, 15) is 0 Å². The lowest BCUT2D eigenvalue weighted by Crippen LogP contribution is -2.42. The lowest BCUT2D eigenvalue weighted by molar-refractivity contribution is 0.280. The van der Waals surface area contributed by atoms with Gasteiger partial charge in [0.25, 0.3) is 0 Å². The van der Waals surface area contributed by atoms with Gasteiger partial charge < -0.3 is 25.4 Å². The van der Waals surface area contributed by atoms with Crippen molar-refractivity contribution in [1.29, 1.82) is 0 Å². The molecule has 142 valence electrons. The van der Waals surface area contributed by atoms with Crippen molar-refractivity contribution in [3.05, 3.63) is 36.0 Å².